The number of piperazine rings is 1. The number of hydrogen-bond donors (Lipinski definition) is 2. The van der Waals surface area contributed by atoms with Crippen LogP contribution in [0, 0.1) is 0 Å². The van der Waals surface area contributed by atoms with E-state index >= 15 is 0 Å². The summed E-state index contributed by atoms with van der Waals surface area (Å²) in [4.78, 5) is 16.3. The van der Waals surface area contributed by atoms with E-state index < -0.39 is 0 Å². The van der Waals surface area contributed by atoms with Gasteiger partial charge in [0.25, 0.3) is 0 Å². The molecule has 1 unspecified atom stereocenters. The Bertz CT molecular complexity index is 247. The molecule has 0 saturated carbocycles. The number of carbonyl (C=O) groups excluding carboxylic acids is 1. The van der Waals surface area contributed by atoms with Crippen LogP contribution in [0.5, 0.6) is 0 Å². The van der Waals surface area contributed by atoms with Gasteiger partial charge >= 0.3 is 0 Å². The second-order valence-corrected chi connectivity index (χ2v) is 5.04. The Morgan fingerprint density at radius 2 is 2.18 bits per heavy atom. The second kappa shape index (κ2) is 6.93. The third kappa shape index (κ3) is 4.61. The van der Waals surface area contributed by atoms with E-state index in [1.807, 2.05) is 6.92 Å². The fourth-order valence-corrected chi connectivity index (χ4v) is 2.11. The molecule has 5 nitrogen and oxygen atoms in total. The van der Waals surface area contributed by atoms with Crippen LogP contribution in [-0.4, -0.2) is 68.1 Å². The van der Waals surface area contributed by atoms with Gasteiger partial charge in [0.05, 0.1) is 6.04 Å². The molecule has 1 amide bonds. The summed E-state index contributed by atoms with van der Waals surface area (Å²) in [5, 5.41) is 2.96. The number of nitrogens with one attached hydrogen (secondary N) is 1. The van der Waals surface area contributed by atoms with Gasteiger partial charge in [0.1, 0.15) is 0 Å². The Morgan fingerprint density at radius 3 is 2.82 bits per heavy atom. The number of amides is 1. The van der Waals surface area contributed by atoms with E-state index in [1.54, 1.807) is 0 Å². The van der Waals surface area contributed by atoms with Gasteiger partial charge in [-0.2, -0.15) is 0 Å². The van der Waals surface area contributed by atoms with Crippen LogP contribution in [0.15, 0.2) is 0 Å². The van der Waals surface area contributed by atoms with Crippen molar-refractivity contribution < 1.29 is 4.79 Å². The monoisotopic (exact) mass is 242 g/mol. The zero-order valence-electron chi connectivity index (χ0n) is 11.3. The largest absolute Gasteiger partial charge is 0.353 e. The van der Waals surface area contributed by atoms with E-state index in [2.05, 4.69) is 29.2 Å². The Balaban J connectivity index is 2.31. The van der Waals surface area contributed by atoms with Crippen LogP contribution >= 0.6 is 0 Å². The molecular weight excluding hydrogens is 216 g/mol. The van der Waals surface area contributed by atoms with Crippen molar-refractivity contribution in [2.75, 3.05) is 40.3 Å². The van der Waals surface area contributed by atoms with Crippen LogP contribution in [0.3, 0.4) is 0 Å². The van der Waals surface area contributed by atoms with Gasteiger partial charge in [0, 0.05) is 32.2 Å². The highest BCUT2D eigenvalue weighted by Crippen LogP contribution is 2.04. The molecule has 5 heteroatoms. The van der Waals surface area contributed by atoms with Crippen LogP contribution in [0.2, 0.25) is 0 Å². The Hall–Kier alpha value is -0.650. The fourth-order valence-electron chi connectivity index (χ4n) is 2.11. The van der Waals surface area contributed by atoms with Crippen molar-refractivity contribution in [2.45, 2.75) is 31.8 Å². The number of nitrogens with zero attached hydrogens (tertiary/aromatic N) is 2. The van der Waals surface area contributed by atoms with Crippen LogP contribution < -0.4 is 11.1 Å². The van der Waals surface area contributed by atoms with E-state index in [-0.39, 0.29) is 11.9 Å². The first kappa shape index (κ1) is 14.4. The molecular formula is C12H26N4O. The fraction of sp³-hybridized carbons (Fsp3) is 0.917. The van der Waals surface area contributed by atoms with Gasteiger partial charge in [-0.25, -0.2) is 0 Å². The third-order valence-corrected chi connectivity index (χ3v) is 3.43. The molecule has 0 aromatic heterocycles. The highest BCUT2D eigenvalue weighted by Gasteiger charge is 2.23. The predicted molar refractivity (Wildman–Crippen MR) is 69.8 cm³/mol. The van der Waals surface area contributed by atoms with Crippen molar-refractivity contribution >= 4 is 5.91 Å². The zero-order valence-corrected chi connectivity index (χ0v) is 11.3. The van der Waals surface area contributed by atoms with E-state index in [0.717, 1.165) is 32.5 Å². The second-order valence-electron chi connectivity index (χ2n) is 5.04. The molecule has 0 aromatic rings. The van der Waals surface area contributed by atoms with Gasteiger partial charge in [0.15, 0.2) is 0 Å². The lowest BCUT2D eigenvalue weighted by Crippen LogP contribution is -2.55. The summed E-state index contributed by atoms with van der Waals surface area (Å²) in [6.45, 7) is 5.88. The maximum absolute atomic E-state index is 11.7. The summed E-state index contributed by atoms with van der Waals surface area (Å²) >= 11 is 0. The molecule has 1 rings (SSSR count). The average molecular weight is 242 g/mol. The molecule has 1 heterocycles. The molecule has 2 atom stereocenters. The molecule has 17 heavy (non-hydrogen) atoms. The number of carbonyl (C=O) groups is 1. The number of nitrogens with two attached hydrogens (primary N) is 1. The Morgan fingerprint density at radius 1 is 1.47 bits per heavy atom. The molecule has 0 bridgehead atoms. The summed E-state index contributed by atoms with van der Waals surface area (Å²) in [5.41, 5.74) is 5.77. The molecule has 100 valence electrons. The lowest BCUT2D eigenvalue weighted by Gasteiger charge is -2.37. The van der Waals surface area contributed by atoms with Crippen molar-refractivity contribution in [3.8, 4) is 0 Å². The van der Waals surface area contributed by atoms with Crippen LogP contribution in [0.1, 0.15) is 19.8 Å². The summed E-state index contributed by atoms with van der Waals surface area (Å²) in [6, 6.07) is 0.0400. The molecule has 1 aliphatic rings. The number of rotatable bonds is 5. The van der Waals surface area contributed by atoms with Crippen molar-refractivity contribution in [1.82, 2.24) is 15.1 Å². The standard InChI is InChI=1S/C12H26N4O/c1-4-5-11(13)12(17)14-8-10-9-15(2)6-7-16(10)3/h10-11H,4-9,13H2,1-3H3,(H,14,17)/t10?,11-/m0/s1. The minimum Gasteiger partial charge on any atom is -0.353 e. The molecule has 1 saturated heterocycles. The average Bonchev–Trinajstić information content (AvgIpc) is 2.30. The van der Waals surface area contributed by atoms with E-state index in [0.29, 0.717) is 12.6 Å². The minimum atomic E-state index is -0.355. The summed E-state index contributed by atoms with van der Waals surface area (Å²) in [6.07, 6.45) is 1.70. The minimum absolute atomic E-state index is 0.0199. The lowest BCUT2D eigenvalue weighted by molar-refractivity contribution is -0.122. The SMILES string of the molecule is CCC[C@H](N)C(=O)NCC1CN(C)CCN1C. The van der Waals surface area contributed by atoms with Gasteiger partial charge in [-0.05, 0) is 20.5 Å². The summed E-state index contributed by atoms with van der Waals surface area (Å²) in [5.74, 6) is -0.0199. The third-order valence-electron chi connectivity index (χ3n) is 3.43. The van der Waals surface area contributed by atoms with Crippen LogP contribution in [-0.2, 0) is 4.79 Å². The molecule has 1 fully saturated rings. The van der Waals surface area contributed by atoms with Crippen molar-refractivity contribution in [1.29, 1.82) is 0 Å². The van der Waals surface area contributed by atoms with Gasteiger partial charge in [-0.3, -0.25) is 9.69 Å². The Labute approximate surface area is 104 Å². The lowest BCUT2D eigenvalue weighted by atomic mass is 10.1. The Kier molecular flexibility index (Phi) is 5.88. The maximum atomic E-state index is 11.7. The van der Waals surface area contributed by atoms with E-state index in [4.69, 9.17) is 5.73 Å². The highest BCUT2D eigenvalue weighted by atomic mass is 16.2. The van der Waals surface area contributed by atoms with Crippen molar-refractivity contribution in [3.05, 3.63) is 0 Å². The van der Waals surface area contributed by atoms with Gasteiger partial charge in [-0.1, -0.05) is 13.3 Å². The smallest absolute Gasteiger partial charge is 0.236 e. The number of likely N-dealkylation sites (N-methyl/N-ethyl adjacent to an activating group) is 2. The van der Waals surface area contributed by atoms with E-state index in [9.17, 15) is 4.79 Å². The first-order valence-electron chi connectivity index (χ1n) is 6.46. The normalized spacial score (nSPS) is 24.6. The first-order chi connectivity index (χ1) is 8.04. The topological polar surface area (TPSA) is 61.6 Å². The van der Waals surface area contributed by atoms with Gasteiger partial charge < -0.3 is 16.0 Å². The van der Waals surface area contributed by atoms with Gasteiger partial charge in [-0.15, -0.1) is 0 Å². The zero-order chi connectivity index (χ0) is 12.8. The summed E-state index contributed by atoms with van der Waals surface area (Å²) in [7, 11) is 4.22. The van der Waals surface area contributed by atoms with Crippen LogP contribution in [0.25, 0.3) is 0 Å². The van der Waals surface area contributed by atoms with Crippen LogP contribution in [0.4, 0.5) is 0 Å². The first-order valence-corrected chi connectivity index (χ1v) is 6.46. The van der Waals surface area contributed by atoms with Gasteiger partial charge in [0.2, 0.25) is 5.91 Å². The quantitative estimate of drug-likeness (QED) is 0.681. The van der Waals surface area contributed by atoms with E-state index in [1.165, 1.54) is 0 Å². The molecule has 0 spiro atoms. The number of hydrogen-bond acceptors (Lipinski definition) is 4. The summed E-state index contributed by atoms with van der Waals surface area (Å²) < 4.78 is 0. The maximum Gasteiger partial charge on any atom is 0.236 e. The van der Waals surface area contributed by atoms with Crippen molar-refractivity contribution in [3.63, 3.8) is 0 Å². The highest BCUT2D eigenvalue weighted by molar-refractivity contribution is 5.81. The molecule has 1 aliphatic heterocycles. The van der Waals surface area contributed by atoms with Crippen molar-refractivity contribution in [2.24, 2.45) is 5.73 Å². The molecule has 3 N–H and O–H groups in total. The predicted octanol–water partition coefficient (Wildman–Crippen LogP) is -0.524. The molecule has 0 aromatic carbocycles. The molecule has 0 radical (unpaired) electrons. The molecule has 0 aliphatic carbocycles.